The van der Waals surface area contributed by atoms with E-state index in [1.165, 1.54) is 41.5 Å². The maximum atomic E-state index is 6.32. The Hall–Kier alpha value is -1.27. The molecule has 0 heterocycles. The van der Waals surface area contributed by atoms with E-state index in [1.54, 1.807) is 5.56 Å². The van der Waals surface area contributed by atoms with Crippen molar-refractivity contribution in [1.82, 2.24) is 0 Å². The summed E-state index contributed by atoms with van der Waals surface area (Å²) in [6.07, 6.45) is 4.88. The van der Waals surface area contributed by atoms with E-state index in [1.807, 2.05) is 6.07 Å². The van der Waals surface area contributed by atoms with Crippen LogP contribution in [0.5, 0.6) is 0 Å². The van der Waals surface area contributed by atoms with Gasteiger partial charge in [0.05, 0.1) is 0 Å². The van der Waals surface area contributed by atoms with Crippen LogP contribution < -0.4 is 0 Å². The number of aryl methyl sites for hydroxylation is 1. The van der Waals surface area contributed by atoms with Gasteiger partial charge in [-0.3, -0.25) is 0 Å². The molecule has 0 aliphatic heterocycles. The minimum Gasteiger partial charge on any atom is -0.0840 e. The van der Waals surface area contributed by atoms with Crippen molar-refractivity contribution >= 4 is 11.6 Å². The zero-order valence-electron chi connectivity index (χ0n) is 12.2. The summed E-state index contributed by atoms with van der Waals surface area (Å²) in [5.74, 6) is 0.518. The summed E-state index contributed by atoms with van der Waals surface area (Å²) in [5, 5.41) is 0.890. The molecule has 0 spiro atoms. The van der Waals surface area contributed by atoms with Crippen molar-refractivity contribution < 1.29 is 0 Å². The third-order valence-corrected chi connectivity index (χ3v) is 5.08. The highest BCUT2D eigenvalue weighted by atomic mass is 35.5. The molecule has 0 saturated carbocycles. The Morgan fingerprint density at radius 2 is 1.85 bits per heavy atom. The van der Waals surface area contributed by atoms with Crippen molar-refractivity contribution in [1.29, 1.82) is 0 Å². The Labute approximate surface area is 126 Å². The molecule has 1 heteroatoms. The van der Waals surface area contributed by atoms with E-state index in [4.69, 9.17) is 11.6 Å². The van der Waals surface area contributed by atoms with Gasteiger partial charge in [0.1, 0.15) is 0 Å². The smallest absolute Gasteiger partial charge is 0.0438 e. The van der Waals surface area contributed by atoms with Crippen LogP contribution in [0.25, 0.3) is 0 Å². The fourth-order valence-electron chi connectivity index (χ4n) is 3.58. The lowest BCUT2D eigenvalue weighted by molar-refractivity contribution is 0.609. The van der Waals surface area contributed by atoms with Crippen LogP contribution in [0.15, 0.2) is 36.4 Å². The maximum absolute atomic E-state index is 6.32. The van der Waals surface area contributed by atoms with Gasteiger partial charge in [-0.15, -0.1) is 0 Å². The van der Waals surface area contributed by atoms with Crippen LogP contribution in [0.1, 0.15) is 53.5 Å². The van der Waals surface area contributed by atoms with E-state index in [-0.39, 0.29) is 0 Å². The van der Waals surface area contributed by atoms with Gasteiger partial charge in [0, 0.05) is 10.9 Å². The molecule has 0 bridgehead atoms. The SMILES string of the molecule is CCc1cccc2c1CCCC2c1cccc(Cl)c1C. The van der Waals surface area contributed by atoms with Crippen molar-refractivity contribution in [3.8, 4) is 0 Å². The van der Waals surface area contributed by atoms with E-state index in [0.717, 1.165) is 11.4 Å². The third kappa shape index (κ3) is 2.27. The molecule has 1 aliphatic rings. The Balaban J connectivity index is 2.13. The van der Waals surface area contributed by atoms with Crippen molar-refractivity contribution in [2.75, 3.05) is 0 Å². The van der Waals surface area contributed by atoms with Crippen LogP contribution >= 0.6 is 11.6 Å². The van der Waals surface area contributed by atoms with Gasteiger partial charge in [0.15, 0.2) is 0 Å². The van der Waals surface area contributed by atoms with Gasteiger partial charge in [-0.05, 0) is 66.5 Å². The summed E-state index contributed by atoms with van der Waals surface area (Å²) in [4.78, 5) is 0. The van der Waals surface area contributed by atoms with Crippen LogP contribution in [0.4, 0.5) is 0 Å². The predicted molar refractivity (Wildman–Crippen MR) is 86.8 cm³/mol. The van der Waals surface area contributed by atoms with Crippen molar-refractivity contribution in [3.05, 3.63) is 69.2 Å². The molecule has 3 rings (SSSR count). The number of fused-ring (bicyclic) bond motifs is 1. The lowest BCUT2D eigenvalue weighted by atomic mass is 9.76. The van der Waals surface area contributed by atoms with Gasteiger partial charge in [-0.1, -0.05) is 48.9 Å². The van der Waals surface area contributed by atoms with Gasteiger partial charge < -0.3 is 0 Å². The summed E-state index contributed by atoms with van der Waals surface area (Å²) in [5.41, 5.74) is 7.29. The first-order chi connectivity index (χ1) is 9.72. The quantitative estimate of drug-likeness (QED) is 0.665. The molecule has 20 heavy (non-hydrogen) atoms. The first kappa shape index (κ1) is 13.7. The summed E-state index contributed by atoms with van der Waals surface area (Å²) >= 11 is 6.32. The molecule has 1 aliphatic carbocycles. The van der Waals surface area contributed by atoms with E-state index >= 15 is 0 Å². The number of halogens is 1. The van der Waals surface area contributed by atoms with Gasteiger partial charge in [0.2, 0.25) is 0 Å². The Bertz CT molecular complexity index is 628. The maximum Gasteiger partial charge on any atom is 0.0438 e. The highest BCUT2D eigenvalue weighted by molar-refractivity contribution is 6.31. The van der Waals surface area contributed by atoms with Crippen LogP contribution in [-0.4, -0.2) is 0 Å². The minimum absolute atomic E-state index is 0.518. The number of hydrogen-bond donors (Lipinski definition) is 0. The predicted octanol–water partition coefficient (Wildman–Crippen LogP) is 5.68. The molecule has 0 nitrogen and oxygen atoms in total. The number of rotatable bonds is 2. The Morgan fingerprint density at radius 3 is 2.65 bits per heavy atom. The number of hydrogen-bond acceptors (Lipinski definition) is 0. The second kappa shape index (κ2) is 5.61. The molecule has 2 aromatic carbocycles. The van der Waals surface area contributed by atoms with E-state index < -0.39 is 0 Å². The van der Waals surface area contributed by atoms with E-state index in [9.17, 15) is 0 Å². The molecule has 0 N–H and O–H groups in total. The zero-order chi connectivity index (χ0) is 14.1. The first-order valence-corrected chi connectivity index (χ1v) is 7.95. The lowest BCUT2D eigenvalue weighted by Crippen LogP contribution is -2.14. The summed E-state index contributed by atoms with van der Waals surface area (Å²) in [6, 6.07) is 13.1. The topological polar surface area (TPSA) is 0 Å². The molecular formula is C19H21Cl. The molecule has 0 fully saturated rings. The fraction of sp³-hybridized carbons (Fsp3) is 0.368. The summed E-state index contributed by atoms with van der Waals surface area (Å²) in [7, 11) is 0. The second-order valence-corrected chi connectivity index (χ2v) is 6.14. The average Bonchev–Trinajstić information content (AvgIpc) is 2.49. The van der Waals surface area contributed by atoms with Crippen molar-refractivity contribution in [2.24, 2.45) is 0 Å². The largest absolute Gasteiger partial charge is 0.0840 e. The third-order valence-electron chi connectivity index (χ3n) is 4.67. The van der Waals surface area contributed by atoms with Gasteiger partial charge >= 0.3 is 0 Å². The molecule has 1 unspecified atom stereocenters. The van der Waals surface area contributed by atoms with E-state index in [2.05, 4.69) is 44.2 Å². The molecule has 0 saturated heterocycles. The Morgan fingerprint density at radius 1 is 1.10 bits per heavy atom. The van der Waals surface area contributed by atoms with Crippen LogP contribution in [0, 0.1) is 6.92 Å². The second-order valence-electron chi connectivity index (χ2n) is 5.74. The highest BCUT2D eigenvalue weighted by Gasteiger charge is 2.24. The number of benzene rings is 2. The first-order valence-electron chi connectivity index (χ1n) is 7.58. The summed E-state index contributed by atoms with van der Waals surface area (Å²) in [6.45, 7) is 4.40. The Kier molecular flexibility index (Phi) is 3.85. The standard InChI is InChI=1S/C19H21Cl/c1-3-14-7-4-10-18-16(14)9-5-11-17(18)15-8-6-12-19(20)13(15)2/h4,6-8,10,12,17H,3,5,9,11H2,1-2H3. The van der Waals surface area contributed by atoms with Gasteiger partial charge in [0.25, 0.3) is 0 Å². The zero-order valence-corrected chi connectivity index (χ0v) is 13.0. The van der Waals surface area contributed by atoms with Crippen molar-refractivity contribution in [2.45, 2.75) is 45.4 Å². The minimum atomic E-state index is 0.518. The summed E-state index contributed by atoms with van der Waals surface area (Å²) < 4.78 is 0. The van der Waals surface area contributed by atoms with E-state index in [0.29, 0.717) is 5.92 Å². The molecular weight excluding hydrogens is 264 g/mol. The van der Waals surface area contributed by atoms with Crippen LogP contribution in [-0.2, 0) is 12.8 Å². The van der Waals surface area contributed by atoms with Gasteiger partial charge in [-0.2, -0.15) is 0 Å². The molecule has 0 aromatic heterocycles. The molecule has 0 amide bonds. The van der Waals surface area contributed by atoms with Crippen LogP contribution in [0.3, 0.4) is 0 Å². The normalized spacial score (nSPS) is 17.9. The monoisotopic (exact) mass is 284 g/mol. The molecule has 0 radical (unpaired) electrons. The van der Waals surface area contributed by atoms with Crippen LogP contribution in [0.2, 0.25) is 5.02 Å². The average molecular weight is 285 g/mol. The van der Waals surface area contributed by atoms with Gasteiger partial charge in [-0.25, -0.2) is 0 Å². The highest BCUT2D eigenvalue weighted by Crippen LogP contribution is 2.40. The molecule has 1 atom stereocenters. The van der Waals surface area contributed by atoms with Crippen molar-refractivity contribution in [3.63, 3.8) is 0 Å². The lowest BCUT2D eigenvalue weighted by Gasteiger charge is -2.29. The molecule has 104 valence electrons. The fourth-order valence-corrected chi connectivity index (χ4v) is 3.76. The molecule has 2 aromatic rings.